The van der Waals surface area contributed by atoms with Crippen LogP contribution in [0.1, 0.15) is 27.7 Å². The maximum Gasteiger partial charge on any atom is 0.210 e. The number of hydrogen-bond donors (Lipinski definition) is 0. The van der Waals surface area contributed by atoms with Crippen LogP contribution >= 0.6 is 0 Å². The highest BCUT2D eigenvalue weighted by Crippen LogP contribution is 2.27. The van der Waals surface area contributed by atoms with Crippen LogP contribution in [0.3, 0.4) is 0 Å². The van der Waals surface area contributed by atoms with E-state index in [0.29, 0.717) is 11.8 Å². The number of aliphatic imine (C=N–C) groups is 2. The largest absolute Gasteiger partial charge is 0.483 e. The molecule has 0 saturated heterocycles. The molecule has 1 aliphatic rings. The minimum absolute atomic E-state index is 0.0151. The second kappa shape index (κ2) is 4.21. The molecular formula is C11H20N2O2. The van der Waals surface area contributed by atoms with E-state index in [1.54, 1.807) is 14.2 Å². The van der Waals surface area contributed by atoms with Gasteiger partial charge in [-0.3, -0.25) is 0 Å². The lowest BCUT2D eigenvalue weighted by Crippen LogP contribution is -2.40. The summed E-state index contributed by atoms with van der Waals surface area (Å²) >= 11 is 0. The fraction of sp³-hybridized carbons (Fsp3) is 0.818. The van der Waals surface area contributed by atoms with Gasteiger partial charge in [-0.1, -0.05) is 20.8 Å². The molecule has 0 amide bonds. The number of ether oxygens (including phenoxy) is 2. The monoisotopic (exact) mass is 212 g/mol. The van der Waals surface area contributed by atoms with Crippen molar-refractivity contribution in [3.05, 3.63) is 0 Å². The molecule has 0 fully saturated rings. The predicted octanol–water partition coefficient (Wildman–Crippen LogP) is 1.89. The van der Waals surface area contributed by atoms with Gasteiger partial charge in [0.1, 0.15) is 12.1 Å². The highest BCUT2D eigenvalue weighted by Gasteiger charge is 2.35. The summed E-state index contributed by atoms with van der Waals surface area (Å²) in [6.45, 7) is 8.27. The van der Waals surface area contributed by atoms with E-state index in [1.807, 2.05) is 6.92 Å². The van der Waals surface area contributed by atoms with Crippen molar-refractivity contribution in [2.75, 3.05) is 14.2 Å². The van der Waals surface area contributed by atoms with Crippen LogP contribution in [-0.2, 0) is 9.47 Å². The van der Waals surface area contributed by atoms with E-state index in [1.165, 1.54) is 0 Å². The van der Waals surface area contributed by atoms with Crippen LogP contribution in [0.4, 0.5) is 0 Å². The van der Waals surface area contributed by atoms with Crippen LogP contribution in [-0.4, -0.2) is 38.1 Å². The first-order valence-electron chi connectivity index (χ1n) is 5.13. The zero-order valence-electron chi connectivity index (χ0n) is 10.4. The molecular weight excluding hydrogens is 192 g/mol. The van der Waals surface area contributed by atoms with Gasteiger partial charge in [0.05, 0.1) is 14.2 Å². The number of rotatable bonds is 0. The Morgan fingerprint density at radius 3 is 1.93 bits per heavy atom. The normalized spacial score (nSPS) is 26.8. The van der Waals surface area contributed by atoms with Crippen LogP contribution in [0.5, 0.6) is 0 Å². The summed E-state index contributed by atoms with van der Waals surface area (Å²) < 4.78 is 10.5. The zero-order valence-corrected chi connectivity index (χ0v) is 10.4. The molecule has 86 valence electrons. The Hall–Kier alpha value is -1.06. The summed E-state index contributed by atoms with van der Waals surface area (Å²) in [5, 5.41) is 0. The molecule has 0 saturated carbocycles. The molecule has 0 unspecified atom stereocenters. The number of nitrogens with zero attached hydrogens (tertiary/aromatic N) is 2. The first-order chi connectivity index (χ1) is 6.90. The Kier molecular flexibility index (Phi) is 3.37. The molecule has 4 nitrogen and oxygen atoms in total. The third-order valence-corrected chi connectivity index (χ3v) is 2.41. The van der Waals surface area contributed by atoms with Crippen molar-refractivity contribution in [1.29, 1.82) is 0 Å². The standard InChI is InChI=1S/C11H20N2O2/c1-7-9(14-5)13-8(11(2,3)4)10(12-7)15-6/h7-8H,1-6H3/t7-,8-/m0/s1. The van der Waals surface area contributed by atoms with Gasteiger partial charge < -0.3 is 9.47 Å². The van der Waals surface area contributed by atoms with Gasteiger partial charge in [-0.15, -0.1) is 0 Å². The summed E-state index contributed by atoms with van der Waals surface area (Å²) in [6, 6.07) is -0.114. The summed E-state index contributed by atoms with van der Waals surface area (Å²) in [7, 11) is 3.26. The van der Waals surface area contributed by atoms with Crippen LogP contribution in [0, 0.1) is 5.41 Å². The Morgan fingerprint density at radius 2 is 1.53 bits per heavy atom. The highest BCUT2D eigenvalue weighted by atomic mass is 16.5. The summed E-state index contributed by atoms with van der Waals surface area (Å²) in [5.74, 6) is 1.37. The topological polar surface area (TPSA) is 43.2 Å². The molecule has 0 aromatic rings. The average Bonchev–Trinajstić information content (AvgIpc) is 2.15. The second-order valence-corrected chi connectivity index (χ2v) is 4.79. The molecule has 0 N–H and O–H groups in total. The molecule has 1 aliphatic heterocycles. The van der Waals surface area contributed by atoms with Crippen molar-refractivity contribution in [3.8, 4) is 0 Å². The minimum atomic E-state index is -0.0614. The van der Waals surface area contributed by atoms with E-state index in [2.05, 4.69) is 30.8 Å². The van der Waals surface area contributed by atoms with Crippen molar-refractivity contribution in [2.45, 2.75) is 39.8 Å². The van der Waals surface area contributed by atoms with Gasteiger partial charge in [0.15, 0.2) is 0 Å². The van der Waals surface area contributed by atoms with E-state index in [-0.39, 0.29) is 17.5 Å². The quantitative estimate of drug-likeness (QED) is 0.615. The minimum Gasteiger partial charge on any atom is -0.483 e. The predicted molar refractivity (Wildman–Crippen MR) is 61.6 cm³/mol. The molecule has 4 heteroatoms. The van der Waals surface area contributed by atoms with Crippen molar-refractivity contribution in [2.24, 2.45) is 15.4 Å². The van der Waals surface area contributed by atoms with Crippen molar-refractivity contribution >= 4 is 11.8 Å². The van der Waals surface area contributed by atoms with Crippen LogP contribution in [0.2, 0.25) is 0 Å². The van der Waals surface area contributed by atoms with Gasteiger partial charge in [-0.2, -0.15) is 0 Å². The lowest BCUT2D eigenvalue weighted by molar-refractivity contribution is 0.291. The lowest BCUT2D eigenvalue weighted by atomic mass is 9.86. The van der Waals surface area contributed by atoms with E-state index < -0.39 is 0 Å². The molecule has 0 radical (unpaired) electrons. The van der Waals surface area contributed by atoms with Crippen LogP contribution in [0.15, 0.2) is 9.98 Å². The fourth-order valence-corrected chi connectivity index (χ4v) is 1.56. The molecule has 1 heterocycles. The molecule has 2 atom stereocenters. The van der Waals surface area contributed by atoms with E-state index in [0.717, 1.165) is 0 Å². The van der Waals surface area contributed by atoms with E-state index in [9.17, 15) is 0 Å². The summed E-state index contributed by atoms with van der Waals surface area (Å²) in [4.78, 5) is 8.98. The van der Waals surface area contributed by atoms with Gasteiger partial charge in [0.25, 0.3) is 0 Å². The summed E-state index contributed by atoms with van der Waals surface area (Å²) in [5.41, 5.74) is -0.0151. The Labute approximate surface area is 91.4 Å². The molecule has 1 rings (SSSR count). The third kappa shape index (κ3) is 2.49. The molecule has 0 aliphatic carbocycles. The zero-order chi connectivity index (χ0) is 11.6. The van der Waals surface area contributed by atoms with Gasteiger partial charge >= 0.3 is 0 Å². The van der Waals surface area contributed by atoms with E-state index >= 15 is 0 Å². The highest BCUT2D eigenvalue weighted by molar-refractivity contribution is 5.94. The van der Waals surface area contributed by atoms with Crippen LogP contribution in [0.25, 0.3) is 0 Å². The van der Waals surface area contributed by atoms with Crippen LogP contribution < -0.4 is 0 Å². The Morgan fingerprint density at radius 1 is 1.00 bits per heavy atom. The molecule has 0 aromatic heterocycles. The Balaban J connectivity index is 3.02. The molecule has 0 spiro atoms. The Bertz CT molecular complexity index is 289. The first kappa shape index (κ1) is 12.0. The van der Waals surface area contributed by atoms with Crippen molar-refractivity contribution in [3.63, 3.8) is 0 Å². The number of hydrogen-bond acceptors (Lipinski definition) is 4. The summed E-state index contributed by atoms with van der Waals surface area (Å²) in [6.07, 6.45) is 0. The second-order valence-electron chi connectivity index (χ2n) is 4.79. The van der Waals surface area contributed by atoms with Crippen molar-refractivity contribution < 1.29 is 9.47 Å². The maximum atomic E-state index is 5.28. The average molecular weight is 212 g/mol. The molecule has 15 heavy (non-hydrogen) atoms. The van der Waals surface area contributed by atoms with Gasteiger partial charge in [-0.05, 0) is 12.3 Å². The lowest BCUT2D eigenvalue weighted by Gasteiger charge is -2.31. The van der Waals surface area contributed by atoms with E-state index in [4.69, 9.17) is 9.47 Å². The smallest absolute Gasteiger partial charge is 0.210 e. The SMILES string of the molecule is COC1=N[C@H](C(C)(C)C)C(OC)=N[C@H]1C. The third-order valence-electron chi connectivity index (χ3n) is 2.41. The number of methoxy groups -OCH3 is 2. The van der Waals surface area contributed by atoms with Gasteiger partial charge in [0.2, 0.25) is 11.8 Å². The first-order valence-corrected chi connectivity index (χ1v) is 5.13. The molecule has 0 bridgehead atoms. The molecule has 0 aromatic carbocycles. The van der Waals surface area contributed by atoms with Crippen molar-refractivity contribution in [1.82, 2.24) is 0 Å². The van der Waals surface area contributed by atoms with Gasteiger partial charge in [-0.25, -0.2) is 9.98 Å². The van der Waals surface area contributed by atoms with Gasteiger partial charge in [0, 0.05) is 0 Å². The maximum absolute atomic E-state index is 5.28. The fourth-order valence-electron chi connectivity index (χ4n) is 1.56.